The molecule has 3 nitrogen and oxygen atoms in total. The summed E-state index contributed by atoms with van der Waals surface area (Å²) in [5, 5.41) is 3.02. The fourth-order valence-electron chi connectivity index (χ4n) is 3.59. The Bertz CT molecular complexity index is 615. The molecule has 1 aromatic carbocycles. The Kier molecular flexibility index (Phi) is 4.60. The number of likely N-dealkylation sites (tertiary alicyclic amines) is 1. The average Bonchev–Trinajstić information content (AvgIpc) is 3.18. The van der Waals surface area contributed by atoms with Crippen LogP contribution in [-0.4, -0.2) is 36.0 Å². The van der Waals surface area contributed by atoms with Crippen molar-refractivity contribution < 1.29 is 18.0 Å². The maximum absolute atomic E-state index is 13.1. The maximum Gasteiger partial charge on any atom is 0.416 e. The van der Waals surface area contributed by atoms with Crippen LogP contribution in [0.25, 0.3) is 0 Å². The molecule has 132 valence electrons. The van der Waals surface area contributed by atoms with Gasteiger partial charge in [0.2, 0.25) is 5.91 Å². The van der Waals surface area contributed by atoms with Gasteiger partial charge in [0.1, 0.15) is 0 Å². The van der Waals surface area contributed by atoms with Gasteiger partial charge in [-0.3, -0.25) is 9.69 Å². The molecule has 24 heavy (non-hydrogen) atoms. The number of amides is 1. The van der Waals surface area contributed by atoms with Gasteiger partial charge in [-0.05, 0) is 44.2 Å². The summed E-state index contributed by atoms with van der Waals surface area (Å²) in [5.41, 5.74) is -0.363. The first-order valence-corrected chi connectivity index (χ1v) is 8.48. The van der Waals surface area contributed by atoms with Crippen LogP contribution < -0.4 is 5.32 Å². The van der Waals surface area contributed by atoms with E-state index in [9.17, 15) is 18.0 Å². The van der Waals surface area contributed by atoms with Crippen LogP contribution in [0.3, 0.4) is 0 Å². The van der Waals surface area contributed by atoms with Gasteiger partial charge in [-0.2, -0.15) is 13.2 Å². The van der Waals surface area contributed by atoms with E-state index < -0.39 is 11.7 Å². The molecule has 6 heteroatoms. The van der Waals surface area contributed by atoms with Crippen LogP contribution >= 0.6 is 0 Å². The Morgan fingerprint density at radius 1 is 1.29 bits per heavy atom. The van der Waals surface area contributed by atoms with Crippen molar-refractivity contribution in [2.45, 2.75) is 50.9 Å². The molecule has 0 radical (unpaired) electrons. The highest BCUT2D eigenvalue weighted by Gasteiger charge is 2.48. The van der Waals surface area contributed by atoms with E-state index in [1.54, 1.807) is 6.07 Å². The molecule has 1 heterocycles. The highest BCUT2D eigenvalue weighted by atomic mass is 19.4. The molecule has 1 aliphatic carbocycles. The van der Waals surface area contributed by atoms with Gasteiger partial charge in [-0.1, -0.05) is 18.2 Å². The third-order valence-corrected chi connectivity index (χ3v) is 5.09. The first-order valence-electron chi connectivity index (χ1n) is 8.48. The van der Waals surface area contributed by atoms with E-state index in [4.69, 9.17) is 0 Å². The van der Waals surface area contributed by atoms with Crippen LogP contribution in [0, 0.1) is 5.92 Å². The quantitative estimate of drug-likeness (QED) is 0.911. The van der Waals surface area contributed by atoms with Crippen molar-refractivity contribution in [3.05, 3.63) is 35.4 Å². The third kappa shape index (κ3) is 3.58. The minimum Gasteiger partial charge on any atom is -0.352 e. The molecule has 3 atom stereocenters. The molecule has 3 rings (SSSR count). The number of alkyl halides is 3. The van der Waals surface area contributed by atoms with E-state index in [0.717, 1.165) is 25.6 Å². The van der Waals surface area contributed by atoms with Gasteiger partial charge < -0.3 is 5.32 Å². The Hall–Kier alpha value is -1.56. The number of carbonyl (C=O) groups excluding carboxylic acids is 1. The second kappa shape index (κ2) is 6.39. The summed E-state index contributed by atoms with van der Waals surface area (Å²) < 4.78 is 39.3. The zero-order chi connectivity index (χ0) is 17.5. The van der Waals surface area contributed by atoms with Crippen molar-refractivity contribution in [2.24, 2.45) is 5.92 Å². The number of nitrogens with zero attached hydrogens (tertiary/aromatic N) is 1. The third-order valence-electron chi connectivity index (χ3n) is 5.09. The molecule has 1 aliphatic heterocycles. The number of rotatable bonds is 4. The fourth-order valence-corrected chi connectivity index (χ4v) is 3.59. The summed E-state index contributed by atoms with van der Waals surface area (Å²) in [6.07, 6.45) is -2.97. The topological polar surface area (TPSA) is 32.3 Å². The van der Waals surface area contributed by atoms with E-state index in [0.29, 0.717) is 12.5 Å². The molecule has 2 fully saturated rings. The van der Waals surface area contributed by atoms with E-state index in [1.807, 2.05) is 0 Å². The van der Waals surface area contributed by atoms with Crippen molar-refractivity contribution in [3.8, 4) is 0 Å². The van der Waals surface area contributed by atoms with Crippen LogP contribution in [0.5, 0.6) is 0 Å². The summed E-state index contributed by atoms with van der Waals surface area (Å²) in [7, 11) is 0. The maximum atomic E-state index is 13.1. The van der Waals surface area contributed by atoms with Gasteiger partial charge in [0, 0.05) is 31.1 Å². The summed E-state index contributed by atoms with van der Waals surface area (Å²) >= 11 is 0. The second-order valence-corrected chi connectivity index (χ2v) is 7.12. The molecule has 0 bridgehead atoms. The Morgan fingerprint density at radius 2 is 2.00 bits per heavy atom. The summed E-state index contributed by atoms with van der Waals surface area (Å²) in [6, 6.07) is 6.15. The monoisotopic (exact) mass is 340 g/mol. The van der Waals surface area contributed by atoms with Gasteiger partial charge in [0.15, 0.2) is 0 Å². The lowest BCUT2D eigenvalue weighted by Gasteiger charge is -2.20. The van der Waals surface area contributed by atoms with Crippen LogP contribution in [-0.2, 0) is 11.0 Å². The van der Waals surface area contributed by atoms with Gasteiger partial charge in [-0.15, -0.1) is 0 Å². The second-order valence-electron chi connectivity index (χ2n) is 7.12. The molecular weight excluding hydrogens is 317 g/mol. The van der Waals surface area contributed by atoms with E-state index in [-0.39, 0.29) is 29.3 Å². The highest BCUT2D eigenvalue weighted by Crippen LogP contribution is 2.51. The highest BCUT2D eigenvalue weighted by molar-refractivity contribution is 5.83. The Balaban J connectivity index is 1.61. The molecule has 2 aliphatic rings. The van der Waals surface area contributed by atoms with Crippen LogP contribution in [0.15, 0.2) is 24.3 Å². The van der Waals surface area contributed by atoms with Gasteiger partial charge >= 0.3 is 6.18 Å². The van der Waals surface area contributed by atoms with Gasteiger partial charge in [0.25, 0.3) is 0 Å². The minimum absolute atomic E-state index is 0.104. The van der Waals surface area contributed by atoms with Crippen molar-refractivity contribution in [1.82, 2.24) is 10.2 Å². The molecule has 0 aromatic heterocycles. The first-order chi connectivity index (χ1) is 11.3. The van der Waals surface area contributed by atoms with E-state index >= 15 is 0 Å². The number of nitrogens with one attached hydrogen (secondary N) is 1. The SMILES string of the molecule is CC(C)N1CC[C@H](NC(=O)[C@H]2C[C@@H]2c2ccccc2C(F)(F)F)C1. The molecule has 1 aromatic rings. The largest absolute Gasteiger partial charge is 0.416 e. The minimum atomic E-state index is -4.37. The lowest BCUT2D eigenvalue weighted by atomic mass is 10.0. The molecule has 1 saturated carbocycles. The number of hydrogen-bond donors (Lipinski definition) is 1. The average molecular weight is 340 g/mol. The first kappa shape index (κ1) is 17.3. The van der Waals surface area contributed by atoms with Gasteiger partial charge in [0.05, 0.1) is 5.56 Å². The van der Waals surface area contributed by atoms with Crippen molar-refractivity contribution >= 4 is 5.91 Å². The normalized spacial score (nSPS) is 27.5. The van der Waals surface area contributed by atoms with Crippen molar-refractivity contribution in [2.75, 3.05) is 13.1 Å². The van der Waals surface area contributed by atoms with Crippen molar-refractivity contribution in [3.63, 3.8) is 0 Å². The summed E-state index contributed by atoms with van der Waals surface area (Å²) in [4.78, 5) is 14.7. The van der Waals surface area contributed by atoms with Gasteiger partial charge in [-0.25, -0.2) is 0 Å². The predicted molar refractivity (Wildman–Crippen MR) is 85.5 cm³/mol. The smallest absolute Gasteiger partial charge is 0.352 e. The number of hydrogen-bond acceptors (Lipinski definition) is 2. The molecule has 1 saturated heterocycles. The molecule has 1 N–H and O–H groups in total. The summed E-state index contributed by atoms with van der Waals surface area (Å²) in [5.74, 6) is -0.750. The zero-order valence-corrected chi connectivity index (χ0v) is 13.9. The molecular formula is C18H23F3N2O. The Morgan fingerprint density at radius 3 is 2.62 bits per heavy atom. The Labute approximate surface area is 140 Å². The van der Waals surface area contributed by atoms with Crippen LogP contribution in [0.1, 0.15) is 43.7 Å². The number of halogens is 3. The standard InChI is InChI=1S/C18H23F3N2O/c1-11(2)23-8-7-12(10-23)22-17(24)15-9-14(15)13-5-3-4-6-16(13)18(19,20)21/h3-6,11-12,14-15H,7-10H2,1-2H3,(H,22,24)/t12-,14+,15-/m0/s1. The molecule has 0 unspecified atom stereocenters. The zero-order valence-electron chi connectivity index (χ0n) is 13.9. The predicted octanol–water partition coefficient (Wildman–Crippen LogP) is 3.41. The number of benzene rings is 1. The van der Waals surface area contributed by atoms with Crippen LogP contribution in [0.2, 0.25) is 0 Å². The molecule has 1 amide bonds. The fraction of sp³-hybridized carbons (Fsp3) is 0.611. The lowest BCUT2D eigenvalue weighted by molar-refractivity contribution is -0.138. The molecule has 0 spiro atoms. The van der Waals surface area contributed by atoms with Crippen LogP contribution in [0.4, 0.5) is 13.2 Å². The van der Waals surface area contributed by atoms with Crippen molar-refractivity contribution in [1.29, 1.82) is 0 Å². The van der Waals surface area contributed by atoms with E-state index in [1.165, 1.54) is 12.1 Å². The lowest BCUT2D eigenvalue weighted by Crippen LogP contribution is -2.39. The number of carbonyl (C=O) groups is 1. The summed E-state index contributed by atoms with van der Waals surface area (Å²) in [6.45, 7) is 6.01. The van der Waals surface area contributed by atoms with E-state index in [2.05, 4.69) is 24.1 Å².